The molecule has 0 aromatic heterocycles. The number of hydrogen-bond acceptors (Lipinski definition) is 5. The maximum atomic E-state index is 13.2. The molecule has 0 bridgehead atoms. The fourth-order valence-corrected chi connectivity index (χ4v) is 3.22. The molecule has 6 nitrogen and oxygen atoms in total. The van der Waals surface area contributed by atoms with Crippen LogP contribution in [0, 0.1) is 6.92 Å². The SMILES string of the molecule is COc1ccc(C2=C(N(C)CCO)C(=O)N(Cc3ccc(C)cc3)C2=O)cc1. The summed E-state index contributed by atoms with van der Waals surface area (Å²) in [4.78, 5) is 29.2. The van der Waals surface area contributed by atoms with Crippen LogP contribution in [0.5, 0.6) is 5.75 Å². The predicted octanol–water partition coefficient (Wildman–Crippen LogP) is 2.21. The van der Waals surface area contributed by atoms with Gasteiger partial charge in [-0.2, -0.15) is 0 Å². The van der Waals surface area contributed by atoms with Crippen molar-refractivity contribution in [3.05, 3.63) is 70.9 Å². The van der Waals surface area contributed by atoms with Gasteiger partial charge in [0.05, 0.1) is 25.8 Å². The van der Waals surface area contributed by atoms with Crippen molar-refractivity contribution in [2.45, 2.75) is 13.5 Å². The second-order valence-electron chi connectivity index (χ2n) is 6.78. The van der Waals surface area contributed by atoms with Crippen LogP contribution in [-0.2, 0) is 16.1 Å². The number of imide groups is 1. The monoisotopic (exact) mass is 380 g/mol. The second-order valence-corrected chi connectivity index (χ2v) is 6.78. The number of ether oxygens (including phenoxy) is 1. The highest BCUT2D eigenvalue weighted by Gasteiger charge is 2.40. The van der Waals surface area contributed by atoms with E-state index in [0.717, 1.165) is 11.1 Å². The van der Waals surface area contributed by atoms with E-state index in [1.54, 1.807) is 43.3 Å². The van der Waals surface area contributed by atoms with Gasteiger partial charge < -0.3 is 14.7 Å². The zero-order valence-electron chi connectivity index (χ0n) is 16.3. The Morgan fingerprint density at radius 2 is 1.64 bits per heavy atom. The second kappa shape index (κ2) is 8.27. The highest BCUT2D eigenvalue weighted by molar-refractivity contribution is 6.35. The molecule has 6 heteroatoms. The molecular weight excluding hydrogens is 356 g/mol. The van der Waals surface area contributed by atoms with Crippen LogP contribution in [0.2, 0.25) is 0 Å². The van der Waals surface area contributed by atoms with Crippen molar-refractivity contribution >= 4 is 17.4 Å². The summed E-state index contributed by atoms with van der Waals surface area (Å²) in [7, 11) is 3.28. The Balaban J connectivity index is 1.99. The van der Waals surface area contributed by atoms with Crippen LogP contribution in [0.3, 0.4) is 0 Å². The maximum Gasteiger partial charge on any atom is 0.278 e. The molecule has 0 spiro atoms. The lowest BCUT2D eigenvalue weighted by molar-refractivity contribution is -0.138. The first kappa shape index (κ1) is 19.6. The van der Waals surface area contributed by atoms with Crippen molar-refractivity contribution in [2.75, 3.05) is 27.3 Å². The minimum absolute atomic E-state index is 0.116. The molecule has 0 unspecified atom stereocenters. The number of aliphatic hydroxyl groups is 1. The maximum absolute atomic E-state index is 13.2. The highest BCUT2D eigenvalue weighted by Crippen LogP contribution is 2.32. The van der Waals surface area contributed by atoms with Gasteiger partial charge in [-0.3, -0.25) is 14.5 Å². The van der Waals surface area contributed by atoms with E-state index < -0.39 is 0 Å². The van der Waals surface area contributed by atoms with Crippen LogP contribution in [-0.4, -0.2) is 54.0 Å². The van der Waals surface area contributed by atoms with E-state index in [9.17, 15) is 14.7 Å². The summed E-state index contributed by atoms with van der Waals surface area (Å²) in [6, 6.07) is 14.8. The summed E-state index contributed by atoms with van der Waals surface area (Å²) in [5.74, 6) is -0.0224. The fourth-order valence-electron chi connectivity index (χ4n) is 3.22. The number of carbonyl (C=O) groups excluding carboxylic acids is 2. The van der Waals surface area contributed by atoms with Crippen LogP contribution < -0.4 is 4.74 Å². The van der Waals surface area contributed by atoms with Gasteiger partial charge in [-0.15, -0.1) is 0 Å². The van der Waals surface area contributed by atoms with Crippen LogP contribution in [0.25, 0.3) is 5.57 Å². The number of amides is 2. The van der Waals surface area contributed by atoms with Gasteiger partial charge in [-0.1, -0.05) is 42.0 Å². The van der Waals surface area contributed by atoms with E-state index in [2.05, 4.69) is 0 Å². The molecule has 0 saturated heterocycles. The first-order chi connectivity index (χ1) is 13.5. The van der Waals surface area contributed by atoms with E-state index in [4.69, 9.17) is 4.74 Å². The molecule has 1 aliphatic rings. The van der Waals surface area contributed by atoms with Crippen LogP contribution in [0.1, 0.15) is 16.7 Å². The number of methoxy groups -OCH3 is 1. The summed E-state index contributed by atoms with van der Waals surface area (Å²) < 4.78 is 5.18. The first-order valence-corrected chi connectivity index (χ1v) is 9.08. The molecule has 1 N–H and O–H groups in total. The van der Waals surface area contributed by atoms with E-state index in [0.29, 0.717) is 22.6 Å². The van der Waals surface area contributed by atoms with Gasteiger partial charge in [0, 0.05) is 13.6 Å². The number of aryl methyl sites for hydroxylation is 1. The Morgan fingerprint density at radius 1 is 1.00 bits per heavy atom. The van der Waals surface area contributed by atoms with Crippen molar-refractivity contribution in [1.29, 1.82) is 0 Å². The van der Waals surface area contributed by atoms with Gasteiger partial charge in [0.15, 0.2) is 0 Å². The minimum Gasteiger partial charge on any atom is -0.497 e. The van der Waals surface area contributed by atoms with Gasteiger partial charge >= 0.3 is 0 Å². The lowest BCUT2D eigenvalue weighted by Gasteiger charge is -2.20. The molecule has 2 aromatic carbocycles. The Bertz CT molecular complexity index is 901. The molecule has 0 atom stereocenters. The molecule has 1 aliphatic heterocycles. The Kier molecular flexibility index (Phi) is 5.80. The molecule has 3 rings (SSSR count). The third kappa shape index (κ3) is 3.77. The van der Waals surface area contributed by atoms with Crippen molar-refractivity contribution in [1.82, 2.24) is 9.80 Å². The lowest BCUT2D eigenvalue weighted by atomic mass is 10.0. The lowest BCUT2D eigenvalue weighted by Crippen LogP contribution is -2.34. The average Bonchev–Trinajstić information content (AvgIpc) is 2.94. The number of carbonyl (C=O) groups is 2. The number of nitrogens with zero attached hydrogens (tertiary/aromatic N) is 2. The number of benzene rings is 2. The fraction of sp³-hybridized carbons (Fsp3) is 0.273. The van der Waals surface area contributed by atoms with Gasteiger partial charge in [0.25, 0.3) is 11.8 Å². The van der Waals surface area contributed by atoms with Crippen LogP contribution in [0.4, 0.5) is 0 Å². The molecule has 2 aromatic rings. The third-order valence-electron chi connectivity index (χ3n) is 4.80. The van der Waals surface area contributed by atoms with Crippen molar-refractivity contribution in [2.24, 2.45) is 0 Å². The summed E-state index contributed by atoms with van der Waals surface area (Å²) in [5, 5.41) is 9.31. The molecular formula is C22H24N2O4. The van der Waals surface area contributed by atoms with Crippen LogP contribution >= 0.6 is 0 Å². The van der Waals surface area contributed by atoms with Gasteiger partial charge in [-0.25, -0.2) is 0 Å². The summed E-state index contributed by atoms with van der Waals surface area (Å²) in [6.07, 6.45) is 0. The van der Waals surface area contributed by atoms with Crippen molar-refractivity contribution in [3.63, 3.8) is 0 Å². The van der Waals surface area contributed by atoms with Crippen molar-refractivity contribution in [3.8, 4) is 5.75 Å². The van der Waals surface area contributed by atoms with Crippen molar-refractivity contribution < 1.29 is 19.4 Å². The number of rotatable bonds is 7. The van der Waals surface area contributed by atoms with E-state index >= 15 is 0 Å². The molecule has 0 fully saturated rings. The molecule has 0 aliphatic carbocycles. The Labute approximate surface area is 164 Å². The van der Waals surface area contributed by atoms with E-state index in [1.165, 1.54) is 4.90 Å². The molecule has 2 amide bonds. The van der Waals surface area contributed by atoms with Gasteiger partial charge in [-0.05, 0) is 30.2 Å². The Hall–Kier alpha value is -3.12. The quantitative estimate of drug-likeness (QED) is 0.746. The van der Waals surface area contributed by atoms with E-state index in [-0.39, 0.29) is 31.5 Å². The third-order valence-corrected chi connectivity index (χ3v) is 4.80. The average molecular weight is 380 g/mol. The largest absolute Gasteiger partial charge is 0.497 e. The number of hydrogen-bond donors (Lipinski definition) is 1. The number of likely N-dealkylation sites (N-methyl/N-ethyl adjacent to an activating group) is 1. The first-order valence-electron chi connectivity index (χ1n) is 9.08. The number of aliphatic hydroxyl groups excluding tert-OH is 1. The zero-order valence-corrected chi connectivity index (χ0v) is 16.3. The Morgan fingerprint density at radius 3 is 2.21 bits per heavy atom. The minimum atomic E-state index is -0.354. The van der Waals surface area contributed by atoms with E-state index in [1.807, 2.05) is 31.2 Å². The molecule has 28 heavy (non-hydrogen) atoms. The summed E-state index contributed by atoms with van der Waals surface area (Å²) in [6.45, 7) is 2.33. The normalized spacial score (nSPS) is 14.1. The topological polar surface area (TPSA) is 70.1 Å². The predicted molar refractivity (Wildman–Crippen MR) is 106 cm³/mol. The van der Waals surface area contributed by atoms with Gasteiger partial charge in [0.2, 0.25) is 0 Å². The zero-order chi connectivity index (χ0) is 20.3. The molecule has 0 radical (unpaired) electrons. The summed E-state index contributed by atoms with van der Waals surface area (Å²) >= 11 is 0. The smallest absolute Gasteiger partial charge is 0.278 e. The molecule has 146 valence electrons. The highest BCUT2D eigenvalue weighted by atomic mass is 16.5. The standard InChI is InChI=1S/C22H24N2O4/c1-15-4-6-16(7-5-15)14-24-21(26)19(17-8-10-18(28-3)11-9-17)20(22(24)27)23(2)12-13-25/h4-11,25H,12-14H2,1-3H3. The van der Waals surface area contributed by atoms with Gasteiger partial charge in [0.1, 0.15) is 11.4 Å². The molecule has 0 saturated carbocycles. The van der Waals surface area contributed by atoms with Crippen LogP contribution in [0.15, 0.2) is 54.2 Å². The molecule has 1 heterocycles. The summed E-state index contributed by atoms with van der Waals surface area (Å²) in [5.41, 5.74) is 3.29.